The Balaban J connectivity index is 0.000000379. The minimum atomic E-state index is -4.64. The van der Waals surface area contributed by atoms with E-state index in [0.717, 1.165) is 23.4 Å². The molecule has 2 unspecified atom stereocenters. The van der Waals surface area contributed by atoms with Gasteiger partial charge in [0.25, 0.3) is 0 Å². The molecule has 2 heterocycles. The van der Waals surface area contributed by atoms with Gasteiger partial charge in [-0.1, -0.05) is 61.3 Å². The van der Waals surface area contributed by atoms with Crippen LogP contribution in [-0.2, 0) is 22.4 Å². The second-order valence-electron chi connectivity index (χ2n) is 12.6. The second kappa shape index (κ2) is 17.5. The standard InChI is InChI=1S/C17H24ClNO3.C12H16ClNO.C2HF3O.C2H6/c1-16(2,3)22-15(20)19-11-17(4,21)10-14(19)9-12-5-7-13(18)8-6-12;1-12(15)7-11(14-8-12)6-9-2-4-10(13)5-3-9;3-2(4,5)1-6;1-2/h5-8,14,21H,9-11H2,1-4H3;2-5,11,14-15H,6-8H2,1H3;1H;1-2H3/t14-,17?;11-,12?;;/m00../s1/i;;;1D. The van der Waals surface area contributed by atoms with Crippen molar-refractivity contribution in [3.8, 4) is 0 Å². The molecule has 7 nitrogen and oxygen atoms in total. The van der Waals surface area contributed by atoms with Gasteiger partial charge < -0.3 is 25.2 Å². The molecular weight excluding hydrogens is 632 g/mol. The van der Waals surface area contributed by atoms with Gasteiger partial charge in [-0.3, -0.25) is 4.79 Å². The topological polar surface area (TPSA) is 99.1 Å². The highest BCUT2D eigenvalue weighted by Crippen LogP contribution is 2.31. The maximum atomic E-state index is 12.4. The molecule has 254 valence electrons. The number of carbonyl (C=O) groups excluding carboxylic acids is 2. The number of nitrogens with one attached hydrogen (secondary N) is 1. The number of β-amino-alcohol motifs (C(OH)–C–C–N with tert-alkyl or cyclic N) is 2. The molecule has 2 aliphatic rings. The van der Waals surface area contributed by atoms with Crippen LogP contribution in [0.2, 0.25) is 10.0 Å². The Morgan fingerprint density at radius 1 is 1.00 bits per heavy atom. The summed E-state index contributed by atoms with van der Waals surface area (Å²) in [6.45, 7) is 12.4. The van der Waals surface area contributed by atoms with Gasteiger partial charge in [0.15, 0.2) is 0 Å². The highest BCUT2D eigenvalue weighted by Gasteiger charge is 2.43. The summed E-state index contributed by atoms with van der Waals surface area (Å²) in [5.74, 6) is 0. The van der Waals surface area contributed by atoms with E-state index < -0.39 is 29.3 Å². The van der Waals surface area contributed by atoms with E-state index in [9.17, 15) is 28.2 Å². The molecule has 2 aromatic carbocycles. The van der Waals surface area contributed by atoms with Crippen LogP contribution in [0, 0.1) is 0 Å². The molecule has 45 heavy (non-hydrogen) atoms. The molecule has 2 saturated heterocycles. The summed E-state index contributed by atoms with van der Waals surface area (Å²) in [4.78, 5) is 22.7. The van der Waals surface area contributed by atoms with Gasteiger partial charge in [-0.25, -0.2) is 4.79 Å². The summed E-state index contributed by atoms with van der Waals surface area (Å²) in [6, 6.07) is 15.8. The molecule has 4 atom stereocenters. The van der Waals surface area contributed by atoms with Crippen molar-refractivity contribution >= 4 is 35.6 Å². The largest absolute Gasteiger partial charge is 0.446 e. The molecule has 0 radical (unpaired) electrons. The molecule has 3 N–H and O–H groups in total. The third kappa shape index (κ3) is 16.7. The van der Waals surface area contributed by atoms with Crippen LogP contribution < -0.4 is 5.32 Å². The number of aliphatic hydroxyl groups is 2. The molecular formula is C33H47Cl2F3N2O5. The van der Waals surface area contributed by atoms with Gasteiger partial charge in [0, 0.05) is 30.0 Å². The van der Waals surface area contributed by atoms with E-state index in [-0.39, 0.29) is 12.1 Å². The molecule has 2 aromatic rings. The van der Waals surface area contributed by atoms with Gasteiger partial charge in [0.05, 0.1) is 17.7 Å². The van der Waals surface area contributed by atoms with Gasteiger partial charge in [0.2, 0.25) is 6.29 Å². The number of hydrogen-bond acceptors (Lipinski definition) is 6. The van der Waals surface area contributed by atoms with E-state index in [1.54, 1.807) is 18.7 Å². The summed E-state index contributed by atoms with van der Waals surface area (Å²) < 4.78 is 42.9. The Morgan fingerprint density at radius 3 is 1.82 bits per heavy atom. The molecule has 0 saturated carbocycles. The average Bonchev–Trinajstić information content (AvgIpc) is 3.43. The van der Waals surface area contributed by atoms with E-state index in [1.807, 2.05) is 76.2 Å². The number of alkyl halides is 3. The Kier molecular flexibility index (Phi) is 15.1. The third-order valence-electron chi connectivity index (χ3n) is 6.63. The van der Waals surface area contributed by atoms with Gasteiger partial charge in [-0.15, -0.1) is 0 Å². The van der Waals surface area contributed by atoms with Gasteiger partial charge in [0.1, 0.15) is 5.60 Å². The number of nitrogens with zero attached hydrogens (tertiary/aromatic N) is 1. The fourth-order valence-corrected chi connectivity index (χ4v) is 5.13. The van der Waals surface area contributed by atoms with Crippen molar-refractivity contribution < 1.29 is 39.1 Å². The maximum absolute atomic E-state index is 12.4. The number of hydrogen-bond donors (Lipinski definition) is 3. The number of ether oxygens (including phenoxy) is 1. The van der Waals surface area contributed by atoms with Crippen LogP contribution in [0.4, 0.5) is 18.0 Å². The fraction of sp³-hybridized carbons (Fsp3) is 0.576. The SMILES string of the molecule is CC1(O)CN[C@@H](Cc2ccc(Cl)cc2)C1.CC1(O)C[C@H](Cc2ccc(Cl)cc2)N(C(=O)OC(C)(C)C)C1.O=CC(F)(F)F.[2H]CC. The lowest BCUT2D eigenvalue weighted by Crippen LogP contribution is -2.41. The molecule has 1 amide bonds. The molecule has 0 spiro atoms. The number of benzene rings is 2. The predicted molar refractivity (Wildman–Crippen MR) is 173 cm³/mol. The van der Waals surface area contributed by atoms with Crippen LogP contribution in [0.15, 0.2) is 48.5 Å². The van der Waals surface area contributed by atoms with Crippen molar-refractivity contribution in [2.24, 2.45) is 0 Å². The first-order valence-electron chi connectivity index (χ1n) is 15.3. The first-order chi connectivity index (χ1) is 21.1. The highest BCUT2D eigenvalue weighted by molar-refractivity contribution is 6.30. The minimum Gasteiger partial charge on any atom is -0.444 e. The van der Waals surface area contributed by atoms with Crippen LogP contribution >= 0.6 is 23.2 Å². The van der Waals surface area contributed by atoms with Gasteiger partial charge in [-0.2, -0.15) is 13.2 Å². The molecule has 12 heteroatoms. The smallest absolute Gasteiger partial charge is 0.444 e. The Hall–Kier alpha value is -2.37. The van der Waals surface area contributed by atoms with Crippen molar-refractivity contribution in [2.75, 3.05) is 13.1 Å². The Morgan fingerprint density at radius 2 is 1.44 bits per heavy atom. The van der Waals surface area contributed by atoms with Crippen LogP contribution in [0.3, 0.4) is 0 Å². The number of aldehydes is 1. The lowest BCUT2D eigenvalue weighted by molar-refractivity contribution is -0.156. The predicted octanol–water partition coefficient (Wildman–Crippen LogP) is 7.41. The number of rotatable bonds is 4. The fourth-order valence-electron chi connectivity index (χ4n) is 4.88. The van der Waals surface area contributed by atoms with E-state index in [1.165, 1.54) is 5.56 Å². The molecule has 4 rings (SSSR count). The van der Waals surface area contributed by atoms with Gasteiger partial charge >= 0.3 is 12.3 Å². The summed E-state index contributed by atoms with van der Waals surface area (Å²) >= 11 is 11.7. The number of carbonyl (C=O) groups is 2. The first-order valence-corrected chi connectivity index (χ1v) is 15.3. The van der Waals surface area contributed by atoms with Crippen LogP contribution in [0.5, 0.6) is 0 Å². The molecule has 0 aliphatic carbocycles. The third-order valence-corrected chi connectivity index (χ3v) is 7.13. The van der Waals surface area contributed by atoms with E-state index in [2.05, 4.69) is 5.32 Å². The molecule has 2 fully saturated rings. The zero-order valence-electron chi connectivity index (χ0n) is 27.8. The lowest BCUT2D eigenvalue weighted by atomic mass is 9.98. The number of likely N-dealkylation sites (tertiary alicyclic amines) is 1. The lowest BCUT2D eigenvalue weighted by Gasteiger charge is -2.28. The van der Waals surface area contributed by atoms with Crippen molar-refractivity contribution in [3.05, 3.63) is 69.7 Å². The summed E-state index contributed by atoms with van der Waals surface area (Å²) in [5.41, 5.74) is 0.372. The van der Waals surface area contributed by atoms with Crippen LogP contribution in [0.25, 0.3) is 0 Å². The number of halogens is 5. The van der Waals surface area contributed by atoms with Crippen molar-refractivity contribution in [3.63, 3.8) is 0 Å². The summed E-state index contributed by atoms with van der Waals surface area (Å²) in [5, 5.41) is 24.9. The maximum Gasteiger partial charge on any atom is 0.446 e. The minimum absolute atomic E-state index is 0.0778. The van der Waals surface area contributed by atoms with Crippen molar-refractivity contribution in [1.82, 2.24) is 10.2 Å². The Labute approximate surface area is 276 Å². The van der Waals surface area contributed by atoms with Crippen LogP contribution in [-0.4, -0.2) is 75.6 Å². The van der Waals surface area contributed by atoms with Crippen molar-refractivity contribution in [2.45, 2.75) is 109 Å². The molecule has 0 bridgehead atoms. The van der Waals surface area contributed by atoms with Crippen LogP contribution in [0.1, 0.15) is 73.8 Å². The highest BCUT2D eigenvalue weighted by atomic mass is 35.5. The normalized spacial score (nSPS) is 24.6. The Bertz CT molecular complexity index is 1210. The summed E-state index contributed by atoms with van der Waals surface area (Å²) in [7, 11) is 0. The zero-order chi connectivity index (χ0) is 35.3. The second-order valence-corrected chi connectivity index (χ2v) is 13.4. The summed E-state index contributed by atoms with van der Waals surface area (Å²) in [6.07, 6.45) is -3.10. The monoisotopic (exact) mass is 679 g/mol. The van der Waals surface area contributed by atoms with Crippen molar-refractivity contribution in [1.29, 1.82) is 0 Å². The van der Waals surface area contributed by atoms with E-state index >= 15 is 0 Å². The van der Waals surface area contributed by atoms with E-state index in [0.29, 0.717) is 43.9 Å². The zero-order valence-corrected chi connectivity index (χ0v) is 28.3. The quantitative estimate of drug-likeness (QED) is 0.291. The molecule has 2 aliphatic heterocycles. The first kappa shape index (κ1) is 38.8. The van der Waals surface area contributed by atoms with E-state index in [4.69, 9.17) is 34.1 Å². The molecule has 0 aromatic heterocycles. The van der Waals surface area contributed by atoms with Gasteiger partial charge in [-0.05, 0) is 95.7 Å². The number of amides is 1. The average molecular weight is 681 g/mol.